The van der Waals surface area contributed by atoms with E-state index in [0.717, 1.165) is 6.26 Å². The van der Waals surface area contributed by atoms with Crippen molar-refractivity contribution in [3.05, 3.63) is 53.3 Å². The molecular formula is C18H19FN2O4S. The standard InChI is InChI=1S/C18H19FN2O4S/c1-12-3-6-15(10-17(12)26(2,23)24)20-18(22)21-7-8-25-16-9-14(19)5-4-13(16)11-21/h3-6,9-10H,7-8,11H2,1-2H3,(H,20,22). The number of sulfone groups is 1. The van der Waals surface area contributed by atoms with Crippen LogP contribution >= 0.6 is 0 Å². The van der Waals surface area contributed by atoms with Crippen LogP contribution in [0.2, 0.25) is 0 Å². The minimum absolute atomic E-state index is 0.176. The van der Waals surface area contributed by atoms with E-state index in [0.29, 0.717) is 29.1 Å². The first-order valence-corrected chi connectivity index (χ1v) is 9.91. The molecule has 0 aliphatic carbocycles. The molecule has 0 spiro atoms. The number of urea groups is 1. The first-order valence-electron chi connectivity index (χ1n) is 8.02. The zero-order valence-corrected chi connectivity index (χ0v) is 15.3. The third kappa shape index (κ3) is 3.96. The molecule has 2 amide bonds. The molecule has 1 aliphatic rings. The van der Waals surface area contributed by atoms with Crippen molar-refractivity contribution in [2.75, 3.05) is 24.7 Å². The first-order chi connectivity index (χ1) is 12.2. The fourth-order valence-electron chi connectivity index (χ4n) is 2.80. The van der Waals surface area contributed by atoms with Crippen LogP contribution in [0.3, 0.4) is 0 Å². The van der Waals surface area contributed by atoms with Crippen LogP contribution in [-0.2, 0) is 16.4 Å². The zero-order valence-electron chi connectivity index (χ0n) is 14.5. The van der Waals surface area contributed by atoms with Gasteiger partial charge in [-0.15, -0.1) is 0 Å². The quantitative estimate of drug-likeness (QED) is 0.872. The van der Waals surface area contributed by atoms with Gasteiger partial charge in [0.15, 0.2) is 9.84 Å². The maximum Gasteiger partial charge on any atom is 0.322 e. The summed E-state index contributed by atoms with van der Waals surface area (Å²) in [5.41, 5.74) is 1.72. The summed E-state index contributed by atoms with van der Waals surface area (Å²) in [6.07, 6.45) is 1.13. The van der Waals surface area contributed by atoms with Gasteiger partial charge >= 0.3 is 6.03 Å². The minimum atomic E-state index is -3.39. The van der Waals surface area contributed by atoms with Crippen molar-refractivity contribution < 1.29 is 22.3 Å². The summed E-state index contributed by atoms with van der Waals surface area (Å²) < 4.78 is 42.5. The van der Waals surface area contributed by atoms with Crippen LogP contribution in [0.1, 0.15) is 11.1 Å². The van der Waals surface area contributed by atoms with E-state index < -0.39 is 15.7 Å². The molecule has 138 valence electrons. The van der Waals surface area contributed by atoms with Gasteiger partial charge in [-0.2, -0.15) is 0 Å². The molecule has 0 aromatic heterocycles. The molecule has 0 saturated carbocycles. The SMILES string of the molecule is Cc1ccc(NC(=O)N2CCOc3cc(F)ccc3C2)cc1S(C)(=O)=O. The van der Waals surface area contributed by atoms with Crippen LogP contribution in [0, 0.1) is 12.7 Å². The van der Waals surface area contributed by atoms with Gasteiger partial charge in [0.1, 0.15) is 18.2 Å². The third-order valence-electron chi connectivity index (χ3n) is 4.14. The predicted octanol–water partition coefficient (Wildman–Crippen LogP) is 2.96. The monoisotopic (exact) mass is 378 g/mol. The largest absolute Gasteiger partial charge is 0.491 e. The number of hydrogen-bond donors (Lipinski definition) is 1. The van der Waals surface area contributed by atoms with Gasteiger partial charge in [0, 0.05) is 23.6 Å². The highest BCUT2D eigenvalue weighted by Gasteiger charge is 2.21. The highest BCUT2D eigenvalue weighted by Crippen LogP contribution is 2.25. The number of aryl methyl sites for hydroxylation is 1. The van der Waals surface area contributed by atoms with Gasteiger partial charge < -0.3 is 15.0 Å². The summed E-state index contributed by atoms with van der Waals surface area (Å²) >= 11 is 0. The normalized spacial score (nSPS) is 14.2. The Morgan fingerprint density at radius 2 is 2.00 bits per heavy atom. The summed E-state index contributed by atoms with van der Waals surface area (Å²) in [5.74, 6) is 0.0320. The van der Waals surface area contributed by atoms with Crippen molar-refractivity contribution in [3.63, 3.8) is 0 Å². The topological polar surface area (TPSA) is 75.7 Å². The number of ether oxygens (including phenoxy) is 1. The van der Waals surface area contributed by atoms with E-state index in [4.69, 9.17) is 4.74 Å². The Hall–Kier alpha value is -2.61. The van der Waals surface area contributed by atoms with E-state index in [1.54, 1.807) is 25.1 Å². The Morgan fingerprint density at radius 3 is 2.73 bits per heavy atom. The summed E-state index contributed by atoms with van der Waals surface area (Å²) in [6.45, 7) is 2.54. The number of carbonyl (C=O) groups is 1. The lowest BCUT2D eigenvalue weighted by atomic mass is 10.2. The van der Waals surface area contributed by atoms with Crippen molar-refractivity contribution >= 4 is 21.6 Å². The van der Waals surface area contributed by atoms with E-state index in [-0.39, 0.29) is 24.1 Å². The van der Waals surface area contributed by atoms with Gasteiger partial charge in [-0.25, -0.2) is 17.6 Å². The molecule has 0 atom stereocenters. The molecule has 3 rings (SSSR count). The number of halogens is 1. The number of rotatable bonds is 2. The molecule has 0 saturated heterocycles. The average molecular weight is 378 g/mol. The molecular weight excluding hydrogens is 359 g/mol. The zero-order chi connectivity index (χ0) is 18.9. The van der Waals surface area contributed by atoms with Crippen molar-refractivity contribution in [2.24, 2.45) is 0 Å². The van der Waals surface area contributed by atoms with Crippen molar-refractivity contribution in [3.8, 4) is 5.75 Å². The van der Waals surface area contributed by atoms with Crippen LogP contribution < -0.4 is 10.1 Å². The van der Waals surface area contributed by atoms with Gasteiger partial charge in [-0.1, -0.05) is 12.1 Å². The summed E-state index contributed by atoms with van der Waals surface area (Å²) in [6, 6.07) is 8.57. The second-order valence-electron chi connectivity index (χ2n) is 6.20. The van der Waals surface area contributed by atoms with Crippen LogP contribution in [0.15, 0.2) is 41.3 Å². The number of nitrogens with zero attached hydrogens (tertiary/aromatic N) is 1. The van der Waals surface area contributed by atoms with Crippen molar-refractivity contribution in [2.45, 2.75) is 18.4 Å². The molecule has 6 nitrogen and oxygen atoms in total. The fraction of sp³-hybridized carbons (Fsp3) is 0.278. The molecule has 8 heteroatoms. The van der Waals surface area contributed by atoms with E-state index in [2.05, 4.69) is 5.32 Å². The molecule has 0 unspecified atom stereocenters. The van der Waals surface area contributed by atoms with Gasteiger partial charge in [0.2, 0.25) is 0 Å². The Kier molecular flexibility index (Phi) is 4.86. The number of anilines is 1. The Balaban J connectivity index is 1.79. The predicted molar refractivity (Wildman–Crippen MR) is 95.6 cm³/mol. The van der Waals surface area contributed by atoms with Crippen molar-refractivity contribution in [1.82, 2.24) is 4.90 Å². The molecule has 1 aliphatic heterocycles. The Morgan fingerprint density at radius 1 is 1.23 bits per heavy atom. The van der Waals surface area contributed by atoms with Crippen LogP contribution in [-0.4, -0.2) is 38.8 Å². The molecule has 0 bridgehead atoms. The Bertz CT molecular complexity index is 960. The summed E-state index contributed by atoms with van der Waals surface area (Å²) in [5, 5.41) is 2.71. The number of fused-ring (bicyclic) bond motifs is 1. The minimum Gasteiger partial charge on any atom is -0.491 e. The second kappa shape index (κ2) is 6.95. The number of benzene rings is 2. The lowest BCUT2D eigenvalue weighted by Crippen LogP contribution is -2.36. The number of hydrogen-bond acceptors (Lipinski definition) is 4. The molecule has 1 heterocycles. The van der Waals surface area contributed by atoms with E-state index >= 15 is 0 Å². The summed E-state index contributed by atoms with van der Waals surface area (Å²) in [7, 11) is -3.39. The number of amides is 2. The average Bonchev–Trinajstić information content (AvgIpc) is 2.77. The van der Waals surface area contributed by atoms with E-state index in [1.165, 1.54) is 23.1 Å². The summed E-state index contributed by atoms with van der Waals surface area (Å²) in [4.78, 5) is 14.3. The maximum atomic E-state index is 13.3. The highest BCUT2D eigenvalue weighted by atomic mass is 32.2. The Labute approximate surface area is 151 Å². The second-order valence-corrected chi connectivity index (χ2v) is 8.19. The molecule has 0 radical (unpaired) electrons. The van der Waals surface area contributed by atoms with Gasteiger partial charge in [-0.05, 0) is 30.7 Å². The van der Waals surface area contributed by atoms with E-state index in [1.807, 2.05) is 0 Å². The lowest BCUT2D eigenvalue weighted by Gasteiger charge is -2.20. The van der Waals surface area contributed by atoms with Crippen LogP contribution in [0.4, 0.5) is 14.9 Å². The number of carbonyl (C=O) groups excluding carboxylic acids is 1. The lowest BCUT2D eigenvalue weighted by molar-refractivity contribution is 0.200. The maximum absolute atomic E-state index is 13.3. The molecule has 1 N–H and O–H groups in total. The third-order valence-corrected chi connectivity index (χ3v) is 5.37. The number of nitrogens with one attached hydrogen (secondary N) is 1. The fourth-order valence-corrected chi connectivity index (χ4v) is 3.79. The molecule has 26 heavy (non-hydrogen) atoms. The molecule has 0 fully saturated rings. The molecule has 2 aromatic carbocycles. The van der Waals surface area contributed by atoms with Gasteiger partial charge in [0.05, 0.1) is 18.0 Å². The van der Waals surface area contributed by atoms with Crippen molar-refractivity contribution in [1.29, 1.82) is 0 Å². The smallest absolute Gasteiger partial charge is 0.322 e. The molecule has 2 aromatic rings. The van der Waals surface area contributed by atoms with E-state index in [9.17, 15) is 17.6 Å². The highest BCUT2D eigenvalue weighted by molar-refractivity contribution is 7.90. The van der Waals surface area contributed by atoms with Crippen LogP contribution in [0.5, 0.6) is 5.75 Å². The first kappa shape index (κ1) is 18.2. The van der Waals surface area contributed by atoms with Gasteiger partial charge in [0.25, 0.3) is 0 Å². The van der Waals surface area contributed by atoms with Gasteiger partial charge in [-0.3, -0.25) is 0 Å². The van der Waals surface area contributed by atoms with Crippen LogP contribution in [0.25, 0.3) is 0 Å².